The summed E-state index contributed by atoms with van der Waals surface area (Å²) < 4.78 is 10.3. The van der Waals surface area contributed by atoms with Gasteiger partial charge < -0.3 is 9.47 Å². The van der Waals surface area contributed by atoms with Crippen molar-refractivity contribution < 1.29 is 9.47 Å². The van der Waals surface area contributed by atoms with Gasteiger partial charge in [-0.25, -0.2) is 0 Å². The molecule has 64 valence electrons. The van der Waals surface area contributed by atoms with E-state index in [1.165, 1.54) is 12.5 Å². The lowest BCUT2D eigenvalue weighted by molar-refractivity contribution is -0.0245. The Morgan fingerprint density at radius 3 is 2.23 bits per heavy atom. The van der Waals surface area contributed by atoms with Gasteiger partial charge in [0.1, 0.15) is 12.5 Å². The zero-order valence-electron chi connectivity index (χ0n) is 6.94. The molecule has 0 spiro atoms. The van der Waals surface area contributed by atoms with Crippen LogP contribution in [0.4, 0.5) is 0 Å². The second-order valence-corrected chi connectivity index (χ2v) is 2.64. The molecule has 1 aromatic carbocycles. The van der Waals surface area contributed by atoms with Gasteiger partial charge in [0.05, 0.1) is 0 Å². The molecule has 0 bridgehead atoms. The van der Waals surface area contributed by atoms with E-state index in [4.69, 9.17) is 15.9 Å². The van der Waals surface area contributed by atoms with Crippen molar-refractivity contribution >= 4 is 0 Å². The van der Waals surface area contributed by atoms with Gasteiger partial charge in [-0.1, -0.05) is 18.1 Å². The highest BCUT2D eigenvalue weighted by molar-refractivity contribution is 5.34. The third kappa shape index (κ3) is 1.50. The lowest BCUT2D eigenvalue weighted by atomic mass is 10.1. The van der Waals surface area contributed by atoms with E-state index in [2.05, 4.69) is 5.92 Å². The van der Waals surface area contributed by atoms with Gasteiger partial charge in [0.15, 0.2) is 0 Å². The standard InChI is InChI=1S/C11H8O2/c1-2-9-3-5-10(6-4-9)11-12-7-8-13-11/h1,3-8,11H. The third-order valence-electron chi connectivity index (χ3n) is 1.81. The van der Waals surface area contributed by atoms with Gasteiger partial charge in [0, 0.05) is 11.1 Å². The molecule has 0 N–H and O–H groups in total. The number of hydrogen-bond donors (Lipinski definition) is 0. The molecule has 0 aliphatic carbocycles. The van der Waals surface area contributed by atoms with Crippen LogP contribution in [0.3, 0.4) is 0 Å². The van der Waals surface area contributed by atoms with Crippen molar-refractivity contribution in [3.05, 3.63) is 47.9 Å². The van der Waals surface area contributed by atoms with E-state index in [9.17, 15) is 0 Å². The van der Waals surface area contributed by atoms with Gasteiger partial charge in [-0.15, -0.1) is 6.42 Å². The molecule has 0 radical (unpaired) electrons. The summed E-state index contributed by atoms with van der Waals surface area (Å²) in [5.74, 6) is 2.55. The molecule has 0 unspecified atom stereocenters. The SMILES string of the molecule is C#Cc1ccc(C2OC=CO2)cc1. The molecule has 1 aliphatic rings. The fourth-order valence-corrected chi connectivity index (χ4v) is 1.13. The lowest BCUT2D eigenvalue weighted by Crippen LogP contribution is -1.96. The molecule has 0 fully saturated rings. The highest BCUT2D eigenvalue weighted by Crippen LogP contribution is 2.23. The van der Waals surface area contributed by atoms with Crippen molar-refractivity contribution in [2.45, 2.75) is 6.29 Å². The molecular formula is C11H8O2. The first-order valence-corrected chi connectivity index (χ1v) is 3.92. The van der Waals surface area contributed by atoms with E-state index < -0.39 is 0 Å². The largest absolute Gasteiger partial charge is 0.455 e. The van der Waals surface area contributed by atoms with Crippen LogP contribution in [-0.4, -0.2) is 0 Å². The van der Waals surface area contributed by atoms with Gasteiger partial charge in [0.25, 0.3) is 6.29 Å². The van der Waals surface area contributed by atoms with Crippen molar-refractivity contribution in [1.82, 2.24) is 0 Å². The Bertz CT molecular complexity index is 349. The average molecular weight is 172 g/mol. The molecule has 1 heterocycles. The Morgan fingerprint density at radius 1 is 1.08 bits per heavy atom. The molecular weight excluding hydrogens is 164 g/mol. The minimum absolute atomic E-state index is 0.313. The normalized spacial score (nSPS) is 14.7. The second kappa shape index (κ2) is 3.24. The summed E-state index contributed by atoms with van der Waals surface area (Å²) in [6.07, 6.45) is 7.97. The maximum Gasteiger partial charge on any atom is 0.266 e. The zero-order valence-corrected chi connectivity index (χ0v) is 6.94. The smallest absolute Gasteiger partial charge is 0.266 e. The van der Waals surface area contributed by atoms with Crippen molar-refractivity contribution in [3.8, 4) is 12.3 Å². The predicted octanol–water partition coefficient (Wildman–Crippen LogP) is 2.18. The Morgan fingerprint density at radius 2 is 1.69 bits per heavy atom. The van der Waals surface area contributed by atoms with E-state index >= 15 is 0 Å². The van der Waals surface area contributed by atoms with E-state index in [0.29, 0.717) is 0 Å². The number of hydrogen-bond acceptors (Lipinski definition) is 2. The van der Waals surface area contributed by atoms with Gasteiger partial charge in [-0.2, -0.15) is 0 Å². The molecule has 0 saturated heterocycles. The Labute approximate surface area is 76.8 Å². The van der Waals surface area contributed by atoms with E-state index in [1.807, 2.05) is 24.3 Å². The van der Waals surface area contributed by atoms with E-state index in [-0.39, 0.29) is 6.29 Å². The lowest BCUT2D eigenvalue weighted by Gasteiger charge is -2.09. The third-order valence-corrected chi connectivity index (χ3v) is 1.81. The summed E-state index contributed by atoms with van der Waals surface area (Å²) in [7, 11) is 0. The van der Waals surface area contributed by atoms with Crippen LogP contribution in [0.15, 0.2) is 36.8 Å². The molecule has 1 aromatic rings. The fourth-order valence-electron chi connectivity index (χ4n) is 1.13. The maximum absolute atomic E-state index is 5.23. The molecule has 0 atom stereocenters. The molecule has 0 aromatic heterocycles. The van der Waals surface area contributed by atoms with Gasteiger partial charge in [0.2, 0.25) is 0 Å². The Hall–Kier alpha value is -1.88. The van der Waals surface area contributed by atoms with Gasteiger partial charge >= 0.3 is 0 Å². The first-order chi connectivity index (χ1) is 6.40. The van der Waals surface area contributed by atoms with Crippen LogP contribution < -0.4 is 0 Å². The molecule has 1 aliphatic heterocycles. The summed E-state index contributed by atoms with van der Waals surface area (Å²) in [4.78, 5) is 0. The molecule has 2 heteroatoms. The van der Waals surface area contributed by atoms with E-state index in [1.54, 1.807) is 0 Å². The Kier molecular flexibility index (Phi) is 1.93. The number of benzene rings is 1. The van der Waals surface area contributed by atoms with Crippen LogP contribution >= 0.6 is 0 Å². The number of terminal acetylenes is 1. The van der Waals surface area contributed by atoms with Crippen molar-refractivity contribution in [2.75, 3.05) is 0 Å². The van der Waals surface area contributed by atoms with Gasteiger partial charge in [-0.05, 0) is 12.1 Å². The maximum atomic E-state index is 5.23. The monoisotopic (exact) mass is 172 g/mol. The highest BCUT2D eigenvalue weighted by atomic mass is 16.7. The fraction of sp³-hybridized carbons (Fsp3) is 0.0909. The molecule has 13 heavy (non-hydrogen) atoms. The topological polar surface area (TPSA) is 18.5 Å². The van der Waals surface area contributed by atoms with Crippen LogP contribution in [-0.2, 0) is 9.47 Å². The second-order valence-electron chi connectivity index (χ2n) is 2.64. The average Bonchev–Trinajstić information content (AvgIpc) is 2.71. The molecule has 2 rings (SSSR count). The predicted molar refractivity (Wildman–Crippen MR) is 48.4 cm³/mol. The number of rotatable bonds is 1. The summed E-state index contributed by atoms with van der Waals surface area (Å²) in [5.41, 5.74) is 1.82. The zero-order chi connectivity index (χ0) is 9.10. The summed E-state index contributed by atoms with van der Waals surface area (Å²) in [5, 5.41) is 0. The quantitative estimate of drug-likeness (QED) is 0.604. The highest BCUT2D eigenvalue weighted by Gasteiger charge is 2.14. The summed E-state index contributed by atoms with van der Waals surface area (Å²) in [6, 6.07) is 7.51. The minimum Gasteiger partial charge on any atom is -0.455 e. The molecule has 2 nitrogen and oxygen atoms in total. The van der Waals surface area contributed by atoms with Crippen molar-refractivity contribution in [2.24, 2.45) is 0 Å². The molecule has 0 amide bonds. The first kappa shape index (κ1) is 7.75. The molecule has 0 saturated carbocycles. The van der Waals surface area contributed by atoms with Crippen LogP contribution in [0.25, 0.3) is 0 Å². The first-order valence-electron chi connectivity index (χ1n) is 3.92. The van der Waals surface area contributed by atoms with Crippen LogP contribution in [0.1, 0.15) is 17.4 Å². The van der Waals surface area contributed by atoms with Crippen LogP contribution in [0, 0.1) is 12.3 Å². The van der Waals surface area contributed by atoms with Crippen LogP contribution in [0.2, 0.25) is 0 Å². The Balaban J connectivity index is 2.19. The van der Waals surface area contributed by atoms with Crippen molar-refractivity contribution in [3.63, 3.8) is 0 Å². The summed E-state index contributed by atoms with van der Waals surface area (Å²) in [6.45, 7) is 0. The van der Waals surface area contributed by atoms with Crippen molar-refractivity contribution in [1.29, 1.82) is 0 Å². The van der Waals surface area contributed by atoms with Crippen LogP contribution in [0.5, 0.6) is 0 Å². The summed E-state index contributed by atoms with van der Waals surface area (Å²) >= 11 is 0. The van der Waals surface area contributed by atoms with E-state index in [0.717, 1.165) is 11.1 Å². The van der Waals surface area contributed by atoms with Gasteiger partial charge in [-0.3, -0.25) is 0 Å². The number of ether oxygens (including phenoxy) is 2. The minimum atomic E-state index is -0.313.